The largest absolute Gasteiger partial charge is 0.508 e. The zero-order valence-electron chi connectivity index (χ0n) is 34.4. The maximum atomic E-state index is 12.7. The van der Waals surface area contributed by atoms with E-state index in [2.05, 4.69) is 41.9 Å². The van der Waals surface area contributed by atoms with Crippen LogP contribution in [0.2, 0.25) is 10.3 Å². The molecule has 350 valence electrons. The first-order chi connectivity index (χ1) is 32.0. The minimum Gasteiger partial charge on any atom is -0.508 e. The summed E-state index contributed by atoms with van der Waals surface area (Å²) in [5.74, 6) is -5.33. The number of hydrogen-bond donors (Lipinski definition) is 9. The number of carbonyl (C=O) groups is 8. The molecule has 4 aromatic heterocycles. The lowest BCUT2D eigenvalue weighted by Gasteiger charge is -2.16. The van der Waals surface area contributed by atoms with Crippen LogP contribution in [0.4, 0.5) is 10.3 Å². The molecule has 0 fully saturated rings. The van der Waals surface area contributed by atoms with Crippen LogP contribution in [0.5, 0.6) is 11.5 Å². The minimum absolute atomic E-state index is 0.0242. The lowest BCUT2D eigenvalue weighted by molar-refractivity contribution is -0.142. The van der Waals surface area contributed by atoms with Gasteiger partial charge in [0.05, 0.1) is 29.7 Å². The van der Waals surface area contributed by atoms with E-state index in [1.807, 2.05) is 0 Å². The number of aromatic hydroxyl groups is 2. The van der Waals surface area contributed by atoms with Gasteiger partial charge in [-0.1, -0.05) is 82.3 Å². The fourth-order valence-corrected chi connectivity index (χ4v) is 8.89. The zero-order valence-corrected chi connectivity index (χ0v) is 39.1. The highest BCUT2D eigenvalue weighted by Gasteiger charge is 2.28. The van der Waals surface area contributed by atoms with Gasteiger partial charge in [-0.3, -0.25) is 28.8 Å². The van der Waals surface area contributed by atoms with E-state index < -0.39 is 59.5 Å². The summed E-state index contributed by atoms with van der Waals surface area (Å²) in [6.45, 7) is -0.555. The summed E-state index contributed by atoms with van der Waals surface area (Å²) < 4.78 is 4.70. The third-order valence-corrected chi connectivity index (χ3v) is 12.9. The van der Waals surface area contributed by atoms with Crippen molar-refractivity contribution in [1.82, 2.24) is 31.2 Å². The van der Waals surface area contributed by atoms with Crippen molar-refractivity contribution in [3.8, 4) is 11.5 Å². The highest BCUT2D eigenvalue weighted by Crippen LogP contribution is 2.28. The van der Waals surface area contributed by atoms with E-state index in [-0.39, 0.29) is 67.8 Å². The molecule has 9 N–H and O–H groups in total. The van der Waals surface area contributed by atoms with Gasteiger partial charge in [0.25, 0.3) is 23.6 Å². The van der Waals surface area contributed by atoms with Crippen LogP contribution in [0.3, 0.4) is 0 Å². The number of ether oxygens (including phenoxy) is 1. The molecule has 20 nitrogen and oxygen atoms in total. The molecule has 2 atom stereocenters. The number of anilines is 2. The first-order valence-corrected chi connectivity index (χ1v) is 23.2. The molecule has 2 aromatic carbocycles. The van der Waals surface area contributed by atoms with E-state index >= 15 is 0 Å². The average molecular weight is 1030 g/mol. The Morgan fingerprint density at radius 3 is 1.45 bits per heavy atom. The van der Waals surface area contributed by atoms with Gasteiger partial charge in [-0.15, -0.1) is 22.7 Å². The Labute approximate surface area is 405 Å². The second-order valence-corrected chi connectivity index (χ2v) is 18.0. The van der Waals surface area contributed by atoms with E-state index in [4.69, 9.17) is 27.9 Å². The molecular weight excluding hydrogens is 996 g/mol. The number of aromatic nitrogens is 2. The molecule has 0 radical (unpaired) electrons. The number of phenols is 2. The molecule has 67 heavy (non-hydrogen) atoms. The van der Waals surface area contributed by atoms with Crippen molar-refractivity contribution in [2.45, 2.75) is 24.9 Å². The van der Waals surface area contributed by atoms with E-state index in [0.29, 0.717) is 20.9 Å². The third kappa shape index (κ3) is 15.6. The lowest BCUT2D eigenvalue weighted by atomic mass is 10.1. The van der Waals surface area contributed by atoms with Gasteiger partial charge in [-0.2, -0.15) is 0 Å². The van der Waals surface area contributed by atoms with Crippen LogP contribution >= 0.6 is 68.5 Å². The Balaban J connectivity index is 0.000000251. The summed E-state index contributed by atoms with van der Waals surface area (Å²) in [6, 6.07) is 16.4. The molecule has 0 saturated heterocycles. The number of phenolic OH excluding ortho intramolecular Hbond substituents is 2. The van der Waals surface area contributed by atoms with Crippen molar-refractivity contribution in [2.24, 2.45) is 0 Å². The van der Waals surface area contributed by atoms with Crippen LogP contribution in [0.15, 0.2) is 83.6 Å². The Morgan fingerprint density at radius 2 is 1.06 bits per heavy atom. The number of carboxylic acids is 1. The number of amides is 6. The Morgan fingerprint density at radius 1 is 0.627 bits per heavy atom. The van der Waals surface area contributed by atoms with Gasteiger partial charge in [0.2, 0.25) is 11.8 Å². The normalized spacial score (nSPS) is 11.4. The summed E-state index contributed by atoms with van der Waals surface area (Å²) in [5.41, 5.74) is 1.16. The molecular formula is C41H36Cl2N8O12S4. The molecule has 26 heteroatoms. The number of aliphatic carboxylic acids is 1. The van der Waals surface area contributed by atoms with Crippen LogP contribution in [0, 0.1) is 0 Å². The number of methoxy groups -OCH3 is 1. The smallest absolute Gasteiger partial charge is 0.330 e. The number of carbonyl (C=O) groups excluding carboxylic acids is 7. The molecule has 0 aliphatic heterocycles. The molecule has 4 heterocycles. The van der Waals surface area contributed by atoms with E-state index in [1.165, 1.54) is 46.9 Å². The van der Waals surface area contributed by atoms with Crippen LogP contribution < -0.4 is 31.9 Å². The molecule has 0 spiro atoms. The number of rotatable bonds is 18. The molecule has 6 amide bonds. The van der Waals surface area contributed by atoms with Crippen molar-refractivity contribution in [3.05, 3.63) is 124 Å². The number of hydrogen-bond acceptors (Lipinski definition) is 17. The summed E-state index contributed by atoms with van der Waals surface area (Å²) in [6.07, 6.45) is -0.0698. The predicted molar refractivity (Wildman–Crippen MR) is 251 cm³/mol. The lowest BCUT2D eigenvalue weighted by Crippen LogP contribution is -2.48. The van der Waals surface area contributed by atoms with Gasteiger partial charge in [-0.05, 0) is 58.3 Å². The second-order valence-electron chi connectivity index (χ2n) is 13.4. The summed E-state index contributed by atoms with van der Waals surface area (Å²) in [7, 11) is 1.16. The van der Waals surface area contributed by atoms with Crippen LogP contribution in [-0.2, 0) is 36.8 Å². The van der Waals surface area contributed by atoms with Crippen molar-refractivity contribution in [3.63, 3.8) is 0 Å². The van der Waals surface area contributed by atoms with Crippen molar-refractivity contribution < 1.29 is 58.4 Å². The Bertz CT molecular complexity index is 2750. The van der Waals surface area contributed by atoms with Gasteiger partial charge >= 0.3 is 11.9 Å². The second kappa shape index (κ2) is 24.5. The number of nitrogens with zero attached hydrogens (tertiary/aromatic N) is 2. The topological polar surface area (TPSA) is 304 Å². The number of benzene rings is 2. The van der Waals surface area contributed by atoms with Crippen LogP contribution in [0.25, 0.3) is 0 Å². The van der Waals surface area contributed by atoms with Crippen molar-refractivity contribution in [2.75, 3.05) is 30.8 Å². The number of halogens is 2. The SMILES string of the molecule is COC(=O)[C@H](CNC(=O)c1cccs1)NC(=O)c1sc(NC(=O)Cc2cccc(O)c2)nc1Cl.O=C(Cc1cccc(O)c1)Nc1nc(Cl)c(C(=O)N[C@@H](CNC(=O)c2cccs2)C(=O)O)s1. The first kappa shape index (κ1) is 51.0. The predicted octanol–water partition coefficient (Wildman–Crippen LogP) is 4.80. The van der Waals surface area contributed by atoms with E-state index in [0.717, 1.165) is 29.8 Å². The fourth-order valence-electron chi connectivity index (χ4n) is 5.38. The summed E-state index contributed by atoms with van der Waals surface area (Å²) in [4.78, 5) is 106. The molecule has 0 saturated carbocycles. The van der Waals surface area contributed by atoms with Gasteiger partial charge in [0, 0.05) is 13.1 Å². The summed E-state index contributed by atoms with van der Waals surface area (Å²) in [5, 5.41) is 46.4. The summed E-state index contributed by atoms with van der Waals surface area (Å²) >= 11 is 16.1. The molecule has 6 aromatic rings. The quantitative estimate of drug-likeness (QED) is 0.0523. The maximum absolute atomic E-state index is 12.7. The van der Waals surface area contributed by atoms with E-state index in [1.54, 1.807) is 59.3 Å². The standard InChI is InChI=1S/C21H19ClN4O6S2.C20H17ClN4O6S2/c1-32-20(31)13(10-23-18(29)14-6-3-7-33-14)24-19(30)16-17(22)26-21(34-16)25-15(28)9-11-4-2-5-12(27)8-11;21-16-15(33-20(25-16)24-14(27)8-10-3-1-4-11(26)7-10)18(29)23-12(19(30)31)9-22-17(28)13-5-2-6-32-13/h2-8,13,27H,9-10H2,1H3,(H,23,29)(H,24,30)(H,25,26,28);1-7,12,26H,8-9H2,(H,22,28)(H,23,29)(H,30,31)(H,24,25,27)/t13-;12-/m00/s1. The first-order valence-electron chi connectivity index (χ1n) is 19.0. The number of thiophene rings is 2. The fraction of sp³-hybridized carbons (Fsp3) is 0.171. The van der Waals surface area contributed by atoms with Gasteiger partial charge in [0.15, 0.2) is 20.6 Å². The number of esters is 1. The van der Waals surface area contributed by atoms with Gasteiger partial charge in [0.1, 0.15) is 33.3 Å². The Hall–Kier alpha value is -6.96. The third-order valence-electron chi connectivity index (χ3n) is 8.45. The molecule has 6 rings (SSSR count). The highest BCUT2D eigenvalue weighted by molar-refractivity contribution is 7.18. The molecule has 0 aliphatic carbocycles. The van der Waals surface area contributed by atoms with Crippen LogP contribution in [-0.4, -0.2) is 105 Å². The maximum Gasteiger partial charge on any atom is 0.330 e. The monoisotopic (exact) mass is 1030 g/mol. The molecule has 0 bridgehead atoms. The number of nitrogens with one attached hydrogen (secondary N) is 6. The van der Waals surface area contributed by atoms with Gasteiger partial charge in [-0.25, -0.2) is 19.6 Å². The Kier molecular flexibility index (Phi) is 18.7. The molecule has 0 aliphatic rings. The van der Waals surface area contributed by atoms with Crippen molar-refractivity contribution in [1.29, 1.82) is 0 Å². The number of carboxylic acid groups (broad SMARTS) is 1. The number of thiazole rings is 2. The van der Waals surface area contributed by atoms with E-state index in [9.17, 15) is 53.7 Å². The zero-order chi connectivity index (χ0) is 48.6. The van der Waals surface area contributed by atoms with Crippen LogP contribution in [0.1, 0.15) is 49.8 Å². The molecule has 0 unspecified atom stereocenters. The van der Waals surface area contributed by atoms with Gasteiger partial charge < -0.3 is 52.0 Å². The minimum atomic E-state index is -1.41. The highest BCUT2D eigenvalue weighted by atomic mass is 35.5. The van der Waals surface area contributed by atoms with Crippen molar-refractivity contribution >= 4 is 126 Å². The average Bonchev–Trinajstić information content (AvgIpc) is 4.13.